The lowest BCUT2D eigenvalue weighted by molar-refractivity contribution is -0.142. The third-order valence-electron chi connectivity index (χ3n) is 5.77. The first-order chi connectivity index (χ1) is 17.8. The molecule has 210 valence electrons. The van der Waals surface area contributed by atoms with Gasteiger partial charge in [-0.15, -0.1) is 0 Å². The Balaban J connectivity index is 2.23. The second-order valence-corrected chi connectivity index (χ2v) is 12.5. The quantitative estimate of drug-likeness (QED) is 0.368. The average molecular weight is 566 g/mol. The molecule has 38 heavy (non-hydrogen) atoms. The third kappa shape index (κ3) is 9.51. The van der Waals surface area contributed by atoms with Crippen molar-refractivity contribution in [3.8, 4) is 5.75 Å². The molecule has 0 fully saturated rings. The molecule has 8 nitrogen and oxygen atoms in total. The van der Waals surface area contributed by atoms with Crippen molar-refractivity contribution < 1.29 is 22.7 Å². The van der Waals surface area contributed by atoms with E-state index in [0.29, 0.717) is 29.5 Å². The molecule has 0 spiro atoms. The van der Waals surface area contributed by atoms with Crippen LogP contribution < -0.4 is 14.4 Å². The minimum Gasteiger partial charge on any atom is -0.494 e. The van der Waals surface area contributed by atoms with Crippen LogP contribution in [0.15, 0.2) is 48.5 Å². The zero-order chi connectivity index (χ0) is 28.5. The number of hydrogen-bond acceptors (Lipinski definition) is 5. The van der Waals surface area contributed by atoms with Crippen LogP contribution in [-0.4, -0.2) is 56.1 Å². The lowest BCUT2D eigenvalue weighted by Crippen LogP contribution is -2.53. The molecule has 0 bridgehead atoms. The van der Waals surface area contributed by atoms with Crippen molar-refractivity contribution in [2.75, 3.05) is 23.7 Å². The van der Waals surface area contributed by atoms with Crippen LogP contribution in [0.3, 0.4) is 0 Å². The molecular formula is C28H40ClN3O5S. The van der Waals surface area contributed by atoms with Gasteiger partial charge in [-0.2, -0.15) is 0 Å². The average Bonchev–Trinajstić information content (AvgIpc) is 2.82. The number of carbonyl (C=O) groups excluding carboxylic acids is 2. The number of benzene rings is 2. The number of ether oxygens (including phenoxy) is 1. The third-order valence-corrected chi connectivity index (χ3v) is 7.33. The first-order valence-corrected chi connectivity index (χ1v) is 15.0. The Morgan fingerprint density at radius 3 is 2.21 bits per heavy atom. The number of halogens is 1. The molecule has 2 aromatic carbocycles. The summed E-state index contributed by atoms with van der Waals surface area (Å²) in [6.07, 6.45) is 1.89. The van der Waals surface area contributed by atoms with Crippen LogP contribution in [0.25, 0.3) is 0 Å². The van der Waals surface area contributed by atoms with Gasteiger partial charge in [-0.1, -0.05) is 36.7 Å². The molecular weight excluding hydrogens is 526 g/mol. The molecule has 0 saturated heterocycles. The summed E-state index contributed by atoms with van der Waals surface area (Å²) in [4.78, 5) is 28.2. The van der Waals surface area contributed by atoms with Crippen molar-refractivity contribution >= 4 is 39.1 Å². The molecule has 0 saturated carbocycles. The van der Waals surface area contributed by atoms with Crippen LogP contribution in [0.4, 0.5) is 5.69 Å². The Bertz CT molecular complexity index is 1180. The Hall–Kier alpha value is -2.78. The van der Waals surface area contributed by atoms with Crippen molar-refractivity contribution in [2.24, 2.45) is 0 Å². The van der Waals surface area contributed by atoms with Crippen molar-refractivity contribution in [3.63, 3.8) is 0 Å². The largest absolute Gasteiger partial charge is 0.494 e. The van der Waals surface area contributed by atoms with Gasteiger partial charge in [0.1, 0.15) is 11.8 Å². The van der Waals surface area contributed by atoms with Crippen LogP contribution in [0.2, 0.25) is 5.02 Å². The standard InChI is InChI=1S/C28H40ClN3O5S/c1-7-25(27(34)30-28(3,4)5)31(20-21-12-9-10-13-24(21)29)26(33)14-11-19-32(38(6,35)36)22-15-17-23(18-16-22)37-8-2/h9-10,12-13,15-18,25H,7-8,11,14,19-20H2,1-6H3,(H,30,34). The molecule has 0 aromatic heterocycles. The first kappa shape index (κ1) is 31.4. The minimum atomic E-state index is -3.58. The lowest BCUT2D eigenvalue weighted by atomic mass is 10.0. The summed E-state index contributed by atoms with van der Waals surface area (Å²) in [6.45, 7) is 10.2. The fourth-order valence-electron chi connectivity index (χ4n) is 4.06. The zero-order valence-electron chi connectivity index (χ0n) is 23.2. The van der Waals surface area contributed by atoms with Crippen LogP contribution in [0.1, 0.15) is 59.4 Å². The van der Waals surface area contributed by atoms with Gasteiger partial charge in [-0.25, -0.2) is 8.42 Å². The number of nitrogens with zero attached hydrogens (tertiary/aromatic N) is 2. The number of hydrogen-bond donors (Lipinski definition) is 1. The number of anilines is 1. The SMILES string of the molecule is CCOc1ccc(N(CCCC(=O)N(Cc2ccccc2Cl)C(CC)C(=O)NC(C)(C)C)S(C)(=O)=O)cc1. The van der Waals surface area contributed by atoms with E-state index >= 15 is 0 Å². The Labute approximate surface area is 232 Å². The van der Waals surface area contributed by atoms with Gasteiger partial charge in [0.15, 0.2) is 0 Å². The summed E-state index contributed by atoms with van der Waals surface area (Å²) >= 11 is 6.38. The van der Waals surface area contributed by atoms with Gasteiger partial charge in [0.05, 0.1) is 18.6 Å². The molecule has 0 aliphatic carbocycles. The van der Waals surface area contributed by atoms with E-state index < -0.39 is 21.6 Å². The Kier molecular flexibility index (Phi) is 11.5. The Morgan fingerprint density at radius 2 is 1.68 bits per heavy atom. The topological polar surface area (TPSA) is 96.0 Å². The predicted molar refractivity (Wildman–Crippen MR) is 153 cm³/mol. The number of amides is 2. The monoisotopic (exact) mass is 565 g/mol. The summed E-state index contributed by atoms with van der Waals surface area (Å²) in [7, 11) is -3.58. The van der Waals surface area contributed by atoms with Crippen LogP contribution >= 0.6 is 11.6 Å². The molecule has 1 atom stereocenters. The summed E-state index contributed by atoms with van der Waals surface area (Å²) in [6, 6.07) is 13.3. The van der Waals surface area contributed by atoms with Crippen LogP contribution in [0.5, 0.6) is 5.75 Å². The molecule has 2 amide bonds. The molecule has 10 heteroatoms. The molecule has 2 aromatic rings. The van der Waals surface area contributed by atoms with E-state index in [9.17, 15) is 18.0 Å². The second kappa shape index (κ2) is 13.8. The highest BCUT2D eigenvalue weighted by Crippen LogP contribution is 2.24. The molecule has 0 heterocycles. The van der Waals surface area contributed by atoms with Crippen molar-refractivity contribution in [1.29, 1.82) is 0 Å². The summed E-state index contributed by atoms with van der Waals surface area (Å²) in [5.74, 6) is 0.155. The summed E-state index contributed by atoms with van der Waals surface area (Å²) < 4.78 is 31.8. The van der Waals surface area contributed by atoms with Gasteiger partial charge in [0.2, 0.25) is 21.8 Å². The lowest BCUT2D eigenvalue weighted by Gasteiger charge is -2.33. The van der Waals surface area contributed by atoms with E-state index in [-0.39, 0.29) is 37.7 Å². The number of rotatable bonds is 13. The van der Waals surface area contributed by atoms with E-state index in [1.807, 2.05) is 52.8 Å². The maximum absolute atomic E-state index is 13.5. The Morgan fingerprint density at radius 1 is 1.05 bits per heavy atom. The molecule has 0 aliphatic rings. The van der Waals surface area contributed by atoms with Gasteiger partial charge in [-0.3, -0.25) is 13.9 Å². The van der Waals surface area contributed by atoms with Crippen LogP contribution in [-0.2, 0) is 26.2 Å². The van der Waals surface area contributed by atoms with E-state index in [0.717, 1.165) is 11.8 Å². The van der Waals surface area contributed by atoms with E-state index in [2.05, 4.69) is 5.32 Å². The van der Waals surface area contributed by atoms with E-state index in [4.69, 9.17) is 16.3 Å². The van der Waals surface area contributed by atoms with Gasteiger partial charge in [0, 0.05) is 30.1 Å². The highest BCUT2D eigenvalue weighted by Gasteiger charge is 2.31. The number of sulfonamides is 1. The molecule has 2 rings (SSSR count). The van der Waals surface area contributed by atoms with Gasteiger partial charge in [0.25, 0.3) is 0 Å². The minimum absolute atomic E-state index is 0.0623. The van der Waals surface area contributed by atoms with E-state index in [1.54, 1.807) is 35.2 Å². The summed E-state index contributed by atoms with van der Waals surface area (Å²) in [5, 5.41) is 3.48. The maximum Gasteiger partial charge on any atom is 0.243 e. The maximum atomic E-state index is 13.5. The highest BCUT2D eigenvalue weighted by atomic mass is 35.5. The number of nitrogens with one attached hydrogen (secondary N) is 1. The molecule has 0 radical (unpaired) electrons. The van der Waals surface area contributed by atoms with E-state index in [1.165, 1.54) is 4.31 Å². The molecule has 1 N–H and O–H groups in total. The normalized spacial score (nSPS) is 12.5. The predicted octanol–water partition coefficient (Wildman–Crippen LogP) is 5.01. The second-order valence-electron chi connectivity index (χ2n) is 10.1. The highest BCUT2D eigenvalue weighted by molar-refractivity contribution is 7.92. The molecule has 1 unspecified atom stereocenters. The fraction of sp³-hybridized carbons (Fsp3) is 0.500. The van der Waals surface area contributed by atoms with Crippen LogP contribution in [0, 0.1) is 0 Å². The number of carbonyl (C=O) groups is 2. The van der Waals surface area contributed by atoms with Crippen molar-refractivity contribution in [1.82, 2.24) is 10.2 Å². The first-order valence-electron chi connectivity index (χ1n) is 12.8. The summed E-state index contributed by atoms with van der Waals surface area (Å²) in [5.41, 5.74) is 0.765. The van der Waals surface area contributed by atoms with Gasteiger partial charge < -0.3 is 15.0 Å². The molecule has 0 aliphatic heterocycles. The fourth-order valence-corrected chi connectivity index (χ4v) is 5.22. The van der Waals surface area contributed by atoms with Crippen molar-refractivity contribution in [2.45, 2.75) is 72.0 Å². The van der Waals surface area contributed by atoms with Crippen molar-refractivity contribution in [3.05, 3.63) is 59.1 Å². The zero-order valence-corrected chi connectivity index (χ0v) is 24.7. The van der Waals surface area contributed by atoms with Gasteiger partial charge >= 0.3 is 0 Å². The smallest absolute Gasteiger partial charge is 0.243 e. The van der Waals surface area contributed by atoms with Gasteiger partial charge in [-0.05, 0) is 76.4 Å².